The second-order valence-electron chi connectivity index (χ2n) is 6.00. The van der Waals surface area contributed by atoms with Crippen molar-refractivity contribution in [2.75, 3.05) is 11.9 Å². The summed E-state index contributed by atoms with van der Waals surface area (Å²) in [5.41, 5.74) is 12.7. The van der Waals surface area contributed by atoms with Crippen molar-refractivity contribution in [3.05, 3.63) is 48.0 Å². The monoisotopic (exact) mass is 357 g/mol. The minimum absolute atomic E-state index is 0.0233. The molecule has 0 bridgehead atoms. The summed E-state index contributed by atoms with van der Waals surface area (Å²) in [6.07, 6.45) is 2.09. The molecular formula is C19H23N3O4. The number of carboxylic acids is 1. The number of carbonyl (C=O) groups is 2. The Morgan fingerprint density at radius 3 is 2.54 bits per heavy atom. The number of anilines is 1. The van der Waals surface area contributed by atoms with Crippen LogP contribution in [-0.4, -0.2) is 34.7 Å². The highest BCUT2D eigenvalue weighted by molar-refractivity contribution is 5.99. The second-order valence-corrected chi connectivity index (χ2v) is 6.00. The first kappa shape index (κ1) is 19.4. The highest BCUT2D eigenvalue weighted by Gasteiger charge is 2.16. The number of aromatic carboxylic acids is 1. The third-order valence-electron chi connectivity index (χ3n) is 3.98. The molecule has 0 heterocycles. The van der Waals surface area contributed by atoms with Gasteiger partial charge in [-0.05, 0) is 60.8 Å². The SMILES string of the molecule is NCCCC[C@H](N)C(=O)Nc1ccc(C(=O)O)c(-c2cccc(O)c2)c1. The predicted molar refractivity (Wildman–Crippen MR) is 100 cm³/mol. The Labute approximate surface area is 151 Å². The first-order chi connectivity index (χ1) is 12.4. The van der Waals surface area contributed by atoms with Gasteiger partial charge in [0.15, 0.2) is 0 Å². The van der Waals surface area contributed by atoms with E-state index >= 15 is 0 Å². The molecule has 1 amide bonds. The number of carboxylic acid groups (broad SMARTS) is 1. The Balaban J connectivity index is 2.24. The Morgan fingerprint density at radius 1 is 1.12 bits per heavy atom. The standard InChI is InChI=1S/C19H23N3O4/c20-9-2-1-6-17(21)18(24)22-13-7-8-15(19(25)26)16(11-13)12-4-3-5-14(23)10-12/h3-5,7-8,10-11,17,23H,1-2,6,9,20-21H2,(H,22,24)(H,25,26)/t17-/m0/s1. The van der Waals surface area contributed by atoms with Gasteiger partial charge < -0.3 is 27.0 Å². The van der Waals surface area contributed by atoms with Crippen LogP contribution in [0.15, 0.2) is 42.5 Å². The van der Waals surface area contributed by atoms with Crippen LogP contribution < -0.4 is 16.8 Å². The Bertz CT molecular complexity index is 792. The number of carbonyl (C=O) groups excluding carboxylic acids is 1. The molecule has 7 N–H and O–H groups in total. The summed E-state index contributed by atoms with van der Waals surface area (Å²) >= 11 is 0. The molecule has 2 aromatic carbocycles. The molecule has 138 valence electrons. The van der Waals surface area contributed by atoms with Crippen LogP contribution in [-0.2, 0) is 4.79 Å². The molecule has 7 nitrogen and oxygen atoms in total. The number of hydrogen-bond donors (Lipinski definition) is 5. The first-order valence-electron chi connectivity index (χ1n) is 8.35. The Hall–Kier alpha value is -2.90. The van der Waals surface area contributed by atoms with Crippen molar-refractivity contribution < 1.29 is 19.8 Å². The molecule has 0 spiro atoms. The van der Waals surface area contributed by atoms with E-state index in [9.17, 15) is 19.8 Å². The van der Waals surface area contributed by atoms with Crippen molar-refractivity contribution in [1.29, 1.82) is 0 Å². The minimum atomic E-state index is -1.10. The summed E-state index contributed by atoms with van der Waals surface area (Å²) in [5, 5.41) is 21.8. The van der Waals surface area contributed by atoms with E-state index < -0.39 is 12.0 Å². The lowest BCUT2D eigenvalue weighted by Gasteiger charge is -2.14. The number of unbranched alkanes of at least 4 members (excludes halogenated alkanes) is 1. The van der Waals surface area contributed by atoms with Crippen molar-refractivity contribution in [1.82, 2.24) is 0 Å². The van der Waals surface area contributed by atoms with E-state index in [1.165, 1.54) is 24.3 Å². The lowest BCUT2D eigenvalue weighted by molar-refractivity contribution is -0.117. The molecular weight excluding hydrogens is 334 g/mol. The zero-order valence-electron chi connectivity index (χ0n) is 14.3. The van der Waals surface area contributed by atoms with Gasteiger partial charge in [0.1, 0.15) is 5.75 Å². The summed E-state index contributed by atoms with van der Waals surface area (Å²) in [6, 6.07) is 10.1. The van der Waals surface area contributed by atoms with E-state index in [0.29, 0.717) is 29.8 Å². The topological polar surface area (TPSA) is 139 Å². The lowest BCUT2D eigenvalue weighted by Crippen LogP contribution is -2.35. The van der Waals surface area contributed by atoms with E-state index in [2.05, 4.69) is 5.32 Å². The van der Waals surface area contributed by atoms with Crippen LogP contribution in [0, 0.1) is 0 Å². The first-order valence-corrected chi connectivity index (χ1v) is 8.35. The number of phenols is 1. The van der Waals surface area contributed by atoms with Crippen LogP contribution in [0.1, 0.15) is 29.6 Å². The van der Waals surface area contributed by atoms with Crippen LogP contribution in [0.25, 0.3) is 11.1 Å². The molecule has 0 saturated heterocycles. The molecule has 0 fully saturated rings. The van der Waals surface area contributed by atoms with Crippen LogP contribution in [0.5, 0.6) is 5.75 Å². The number of benzene rings is 2. The second kappa shape index (κ2) is 8.98. The van der Waals surface area contributed by atoms with Crippen LogP contribution in [0.3, 0.4) is 0 Å². The van der Waals surface area contributed by atoms with E-state index in [1.807, 2.05) is 0 Å². The van der Waals surface area contributed by atoms with Gasteiger partial charge in [-0.25, -0.2) is 4.79 Å². The zero-order chi connectivity index (χ0) is 19.1. The summed E-state index contributed by atoms with van der Waals surface area (Å²) in [5.74, 6) is -1.41. The molecule has 1 atom stereocenters. The molecule has 0 unspecified atom stereocenters. The average Bonchev–Trinajstić information content (AvgIpc) is 2.61. The lowest BCUT2D eigenvalue weighted by atomic mass is 9.98. The molecule has 2 rings (SSSR count). The average molecular weight is 357 g/mol. The maximum absolute atomic E-state index is 12.2. The number of nitrogens with one attached hydrogen (secondary N) is 1. The molecule has 7 heteroatoms. The van der Waals surface area contributed by atoms with Crippen molar-refractivity contribution in [2.45, 2.75) is 25.3 Å². The molecule has 0 aliphatic carbocycles. The van der Waals surface area contributed by atoms with Gasteiger partial charge in [-0.15, -0.1) is 0 Å². The molecule has 0 aliphatic heterocycles. The fraction of sp³-hybridized carbons (Fsp3) is 0.263. The molecule has 0 aliphatic rings. The van der Waals surface area contributed by atoms with Crippen molar-refractivity contribution in [2.24, 2.45) is 11.5 Å². The minimum Gasteiger partial charge on any atom is -0.508 e. The number of phenolic OH excluding ortho intramolecular Hbond substituents is 1. The quantitative estimate of drug-likeness (QED) is 0.459. The number of aromatic hydroxyl groups is 1. The third kappa shape index (κ3) is 5.05. The maximum Gasteiger partial charge on any atom is 0.336 e. The molecule has 0 aromatic heterocycles. The van der Waals surface area contributed by atoms with Crippen LogP contribution in [0.4, 0.5) is 5.69 Å². The molecule has 2 aromatic rings. The normalized spacial score (nSPS) is 11.8. The highest BCUT2D eigenvalue weighted by atomic mass is 16.4. The predicted octanol–water partition coefficient (Wildman–Crippen LogP) is 2.15. The summed E-state index contributed by atoms with van der Waals surface area (Å²) < 4.78 is 0. The van der Waals surface area contributed by atoms with E-state index in [-0.39, 0.29) is 17.2 Å². The van der Waals surface area contributed by atoms with Gasteiger partial charge in [0.25, 0.3) is 0 Å². The van der Waals surface area contributed by atoms with E-state index in [0.717, 1.165) is 12.8 Å². The van der Waals surface area contributed by atoms with Gasteiger partial charge in [0.2, 0.25) is 5.91 Å². The molecule has 0 saturated carbocycles. The third-order valence-corrected chi connectivity index (χ3v) is 3.98. The van der Waals surface area contributed by atoms with Crippen molar-refractivity contribution >= 4 is 17.6 Å². The van der Waals surface area contributed by atoms with Gasteiger partial charge in [0.05, 0.1) is 11.6 Å². The Morgan fingerprint density at radius 2 is 1.88 bits per heavy atom. The fourth-order valence-electron chi connectivity index (χ4n) is 2.60. The maximum atomic E-state index is 12.2. The smallest absolute Gasteiger partial charge is 0.336 e. The summed E-state index contributed by atoms with van der Waals surface area (Å²) in [4.78, 5) is 23.7. The fourth-order valence-corrected chi connectivity index (χ4v) is 2.60. The number of hydrogen-bond acceptors (Lipinski definition) is 5. The number of nitrogens with two attached hydrogens (primary N) is 2. The highest BCUT2D eigenvalue weighted by Crippen LogP contribution is 2.29. The largest absolute Gasteiger partial charge is 0.508 e. The molecule has 0 radical (unpaired) electrons. The van der Waals surface area contributed by atoms with Gasteiger partial charge in [-0.2, -0.15) is 0 Å². The van der Waals surface area contributed by atoms with Crippen molar-refractivity contribution in [3.63, 3.8) is 0 Å². The van der Waals surface area contributed by atoms with E-state index in [4.69, 9.17) is 11.5 Å². The zero-order valence-corrected chi connectivity index (χ0v) is 14.3. The van der Waals surface area contributed by atoms with Crippen molar-refractivity contribution in [3.8, 4) is 16.9 Å². The Kier molecular flexibility index (Phi) is 6.71. The van der Waals surface area contributed by atoms with Crippen LogP contribution >= 0.6 is 0 Å². The number of rotatable bonds is 8. The van der Waals surface area contributed by atoms with Crippen LogP contribution in [0.2, 0.25) is 0 Å². The van der Waals surface area contributed by atoms with Gasteiger partial charge in [-0.1, -0.05) is 18.6 Å². The molecule has 26 heavy (non-hydrogen) atoms. The van der Waals surface area contributed by atoms with E-state index in [1.54, 1.807) is 18.2 Å². The van der Waals surface area contributed by atoms with Gasteiger partial charge in [0, 0.05) is 5.69 Å². The summed E-state index contributed by atoms with van der Waals surface area (Å²) in [6.45, 7) is 0.554. The summed E-state index contributed by atoms with van der Waals surface area (Å²) in [7, 11) is 0. The number of amides is 1. The van der Waals surface area contributed by atoms with Gasteiger partial charge >= 0.3 is 5.97 Å². The van der Waals surface area contributed by atoms with Gasteiger partial charge in [-0.3, -0.25) is 4.79 Å².